The molecule has 0 radical (unpaired) electrons. The van der Waals surface area contributed by atoms with Crippen LogP contribution in [0.1, 0.15) is 23.4 Å². The molecular weight excluding hydrogens is 251 g/mol. The summed E-state index contributed by atoms with van der Waals surface area (Å²) in [4.78, 5) is 12.1. The van der Waals surface area contributed by atoms with Gasteiger partial charge >= 0.3 is 12.1 Å². The topological polar surface area (TPSA) is 53.7 Å². The van der Waals surface area contributed by atoms with Gasteiger partial charge in [-0.15, -0.1) is 0 Å². The molecule has 0 spiro atoms. The maximum Gasteiger partial charge on any atom is 0.393 e. The Balaban J connectivity index is 2.10. The van der Waals surface area contributed by atoms with E-state index in [1.165, 1.54) is 17.0 Å². The first-order valence-electron chi connectivity index (χ1n) is 5.52. The number of hydrogen-bond donors (Lipinski definition) is 1. The van der Waals surface area contributed by atoms with Crippen LogP contribution >= 0.6 is 0 Å². The summed E-state index contributed by atoms with van der Waals surface area (Å²) >= 11 is 0. The average molecular weight is 263 g/mol. The van der Waals surface area contributed by atoms with Crippen molar-refractivity contribution in [2.45, 2.75) is 19.0 Å². The van der Waals surface area contributed by atoms with Gasteiger partial charge in [-0.05, 0) is 18.9 Å². The minimum absolute atomic E-state index is 0.104. The lowest BCUT2D eigenvalue weighted by Crippen LogP contribution is -2.41. The zero-order valence-electron chi connectivity index (χ0n) is 9.41. The van der Waals surface area contributed by atoms with Crippen LogP contribution in [0.3, 0.4) is 0 Å². The van der Waals surface area contributed by atoms with E-state index in [2.05, 4.69) is 0 Å². The van der Waals surface area contributed by atoms with Crippen molar-refractivity contribution < 1.29 is 27.5 Å². The second kappa shape index (κ2) is 4.55. The van der Waals surface area contributed by atoms with Gasteiger partial charge in [0.05, 0.1) is 5.92 Å². The van der Waals surface area contributed by atoms with Crippen molar-refractivity contribution in [1.29, 1.82) is 0 Å². The molecule has 1 unspecified atom stereocenters. The van der Waals surface area contributed by atoms with E-state index in [0.717, 1.165) is 0 Å². The summed E-state index contributed by atoms with van der Waals surface area (Å²) in [6, 6.07) is 2.64. The minimum Gasteiger partial charge on any atom is -0.475 e. The number of halogens is 3. The molecule has 2 rings (SSSR count). The summed E-state index contributed by atoms with van der Waals surface area (Å²) in [6.07, 6.45) is -3.71. The third-order valence-corrected chi connectivity index (χ3v) is 3.00. The number of piperidine rings is 1. The predicted molar refractivity (Wildman–Crippen MR) is 56.7 cm³/mol. The van der Waals surface area contributed by atoms with E-state index >= 15 is 0 Å². The molecule has 1 aromatic rings. The van der Waals surface area contributed by atoms with Crippen LogP contribution < -0.4 is 4.90 Å². The highest BCUT2D eigenvalue weighted by molar-refractivity contribution is 5.84. The molecule has 0 amide bonds. The first kappa shape index (κ1) is 12.8. The maximum atomic E-state index is 12.6. The molecule has 0 saturated carbocycles. The third-order valence-electron chi connectivity index (χ3n) is 3.00. The van der Waals surface area contributed by atoms with Crippen molar-refractivity contribution in [1.82, 2.24) is 0 Å². The van der Waals surface area contributed by atoms with Gasteiger partial charge in [-0.3, -0.25) is 0 Å². The number of carboxylic acid groups (broad SMARTS) is 1. The zero-order valence-corrected chi connectivity index (χ0v) is 9.41. The Morgan fingerprint density at radius 1 is 1.44 bits per heavy atom. The van der Waals surface area contributed by atoms with Gasteiger partial charge in [0, 0.05) is 19.2 Å². The summed E-state index contributed by atoms with van der Waals surface area (Å²) in [5, 5.41) is 8.69. The SMILES string of the molecule is O=C(O)c1ccc(N2CCCC(C(F)(F)F)C2)o1. The molecule has 100 valence electrons. The molecule has 7 heteroatoms. The average Bonchev–Trinajstić information content (AvgIpc) is 2.77. The van der Waals surface area contributed by atoms with Crippen molar-refractivity contribution >= 4 is 11.9 Å². The summed E-state index contributed by atoms with van der Waals surface area (Å²) in [7, 11) is 0. The van der Waals surface area contributed by atoms with Crippen LogP contribution in [0.5, 0.6) is 0 Å². The Morgan fingerprint density at radius 3 is 2.72 bits per heavy atom. The lowest BCUT2D eigenvalue weighted by atomic mass is 9.98. The lowest BCUT2D eigenvalue weighted by molar-refractivity contribution is -0.176. The monoisotopic (exact) mass is 263 g/mol. The summed E-state index contributed by atoms with van der Waals surface area (Å²) in [5.41, 5.74) is 0. The Kier molecular flexibility index (Phi) is 3.23. The van der Waals surface area contributed by atoms with Crippen molar-refractivity contribution in [3.8, 4) is 0 Å². The fourth-order valence-corrected chi connectivity index (χ4v) is 2.06. The van der Waals surface area contributed by atoms with E-state index in [4.69, 9.17) is 9.52 Å². The number of anilines is 1. The standard InChI is InChI=1S/C11H12F3NO3/c12-11(13,14)7-2-1-5-15(6-7)9-4-3-8(18-9)10(16)17/h3-4,7H,1-2,5-6H2,(H,16,17). The molecule has 1 saturated heterocycles. The highest BCUT2D eigenvalue weighted by Crippen LogP contribution is 2.35. The second-order valence-electron chi connectivity index (χ2n) is 4.27. The van der Waals surface area contributed by atoms with Gasteiger partial charge in [0.15, 0.2) is 5.88 Å². The van der Waals surface area contributed by atoms with Crippen molar-refractivity contribution in [3.63, 3.8) is 0 Å². The molecule has 1 aromatic heterocycles. The Bertz CT molecular complexity index is 441. The van der Waals surface area contributed by atoms with E-state index < -0.39 is 18.1 Å². The van der Waals surface area contributed by atoms with Crippen molar-refractivity contribution in [3.05, 3.63) is 17.9 Å². The number of nitrogens with zero attached hydrogens (tertiary/aromatic N) is 1. The molecule has 1 fully saturated rings. The number of furan rings is 1. The van der Waals surface area contributed by atoms with Crippen LogP contribution in [0, 0.1) is 5.92 Å². The van der Waals surface area contributed by atoms with Gasteiger partial charge in [0.2, 0.25) is 5.76 Å². The number of aromatic carboxylic acids is 1. The maximum absolute atomic E-state index is 12.6. The Labute approximate surface area is 101 Å². The van der Waals surface area contributed by atoms with Crippen molar-refractivity contribution in [2.24, 2.45) is 5.92 Å². The molecule has 1 aliphatic heterocycles. The fraction of sp³-hybridized carbons (Fsp3) is 0.545. The van der Waals surface area contributed by atoms with Gasteiger partial charge in [-0.25, -0.2) is 4.79 Å². The third kappa shape index (κ3) is 2.60. The predicted octanol–water partition coefficient (Wildman–Crippen LogP) is 2.76. The largest absolute Gasteiger partial charge is 0.475 e. The van der Waals surface area contributed by atoms with E-state index in [1.54, 1.807) is 0 Å². The molecule has 4 nitrogen and oxygen atoms in total. The first-order valence-corrected chi connectivity index (χ1v) is 5.52. The Morgan fingerprint density at radius 2 is 2.17 bits per heavy atom. The molecule has 2 heterocycles. The summed E-state index contributed by atoms with van der Waals surface area (Å²) < 4.78 is 42.8. The second-order valence-corrected chi connectivity index (χ2v) is 4.27. The Hall–Kier alpha value is -1.66. The van der Waals surface area contributed by atoms with E-state index in [9.17, 15) is 18.0 Å². The molecule has 0 aliphatic carbocycles. The zero-order chi connectivity index (χ0) is 13.3. The molecular formula is C11H12F3NO3. The van der Waals surface area contributed by atoms with E-state index in [-0.39, 0.29) is 24.6 Å². The molecule has 1 N–H and O–H groups in total. The van der Waals surface area contributed by atoms with Gasteiger partial charge in [-0.2, -0.15) is 13.2 Å². The van der Waals surface area contributed by atoms with Crippen LogP contribution in [0.2, 0.25) is 0 Å². The normalized spacial score (nSPS) is 21.1. The number of carboxylic acids is 1. The number of carbonyl (C=O) groups is 1. The van der Waals surface area contributed by atoms with Gasteiger partial charge in [0.1, 0.15) is 0 Å². The minimum atomic E-state index is -4.22. The number of alkyl halides is 3. The van der Waals surface area contributed by atoms with Crippen molar-refractivity contribution in [2.75, 3.05) is 18.0 Å². The highest BCUT2D eigenvalue weighted by atomic mass is 19.4. The van der Waals surface area contributed by atoms with Crippen LogP contribution in [0.4, 0.5) is 19.1 Å². The number of hydrogen-bond acceptors (Lipinski definition) is 3. The van der Waals surface area contributed by atoms with Gasteiger partial charge < -0.3 is 14.4 Å². The van der Waals surface area contributed by atoms with Crippen LogP contribution in [-0.4, -0.2) is 30.3 Å². The molecule has 18 heavy (non-hydrogen) atoms. The number of rotatable bonds is 2. The molecule has 1 atom stereocenters. The van der Waals surface area contributed by atoms with Crippen LogP contribution in [0.25, 0.3) is 0 Å². The molecule has 0 aromatic carbocycles. The molecule has 0 bridgehead atoms. The smallest absolute Gasteiger partial charge is 0.393 e. The van der Waals surface area contributed by atoms with Gasteiger partial charge in [-0.1, -0.05) is 0 Å². The highest BCUT2D eigenvalue weighted by Gasteiger charge is 2.42. The molecule has 1 aliphatic rings. The first-order chi connectivity index (χ1) is 8.38. The summed E-state index contributed by atoms with van der Waals surface area (Å²) in [5.74, 6) is -2.70. The fourth-order valence-electron chi connectivity index (χ4n) is 2.06. The quantitative estimate of drug-likeness (QED) is 0.891. The van der Waals surface area contributed by atoms with E-state index in [0.29, 0.717) is 13.0 Å². The summed E-state index contributed by atoms with van der Waals surface area (Å²) in [6.45, 7) is 0.259. The van der Waals surface area contributed by atoms with Crippen LogP contribution in [-0.2, 0) is 0 Å². The van der Waals surface area contributed by atoms with E-state index in [1.807, 2.05) is 0 Å². The van der Waals surface area contributed by atoms with Crippen LogP contribution in [0.15, 0.2) is 16.5 Å². The van der Waals surface area contributed by atoms with Gasteiger partial charge in [0.25, 0.3) is 0 Å². The lowest BCUT2D eigenvalue weighted by Gasteiger charge is -2.33.